The molecule has 1 amide bonds. The fraction of sp³-hybridized carbons (Fsp3) is 0.938. The quantitative estimate of drug-likeness (QED) is 0.732. The Morgan fingerprint density at radius 3 is 2.74 bits per heavy atom. The van der Waals surface area contributed by atoms with E-state index in [0.717, 1.165) is 38.9 Å². The number of nitrogens with zero attached hydrogens (tertiary/aromatic N) is 1. The van der Waals surface area contributed by atoms with Crippen molar-refractivity contribution in [2.24, 2.45) is 0 Å². The average molecular weight is 268 g/mol. The second-order valence-corrected chi connectivity index (χ2v) is 5.75. The zero-order chi connectivity index (χ0) is 13.9. The first-order chi connectivity index (χ1) is 9.27. The molecule has 0 aromatic carbocycles. The number of carbonyl (C=O) groups excluding carboxylic acids is 1. The van der Waals surface area contributed by atoms with Gasteiger partial charge in [-0.1, -0.05) is 26.7 Å². The Labute approximate surface area is 119 Å². The highest BCUT2D eigenvalue weighted by atomic mass is 16.2. The smallest absolute Gasteiger partial charge is 0.222 e. The lowest BCUT2D eigenvalue weighted by molar-refractivity contribution is -0.131. The summed E-state index contributed by atoms with van der Waals surface area (Å²) < 4.78 is 0. The molecule has 0 aliphatic carbocycles. The van der Waals surface area contributed by atoms with Crippen molar-refractivity contribution in [2.75, 3.05) is 19.6 Å². The standard InChI is InChI=1S/C16H32N2O/c1-3-12-17-15(4-2)10-9-14-18-13-8-6-5-7-11-16(18)19/h15,17H,3-14H2,1-2H3. The first-order valence-corrected chi connectivity index (χ1v) is 8.29. The molecule has 1 aliphatic heterocycles. The van der Waals surface area contributed by atoms with Crippen molar-refractivity contribution in [1.29, 1.82) is 0 Å². The zero-order valence-corrected chi connectivity index (χ0v) is 12.9. The van der Waals surface area contributed by atoms with Crippen LogP contribution in [-0.4, -0.2) is 36.5 Å². The Kier molecular flexibility index (Phi) is 8.89. The predicted molar refractivity (Wildman–Crippen MR) is 81.3 cm³/mol. The van der Waals surface area contributed by atoms with Gasteiger partial charge in [0.05, 0.1) is 0 Å². The summed E-state index contributed by atoms with van der Waals surface area (Å²) in [7, 11) is 0. The Morgan fingerprint density at radius 1 is 1.21 bits per heavy atom. The van der Waals surface area contributed by atoms with Crippen LogP contribution in [0.3, 0.4) is 0 Å². The predicted octanol–water partition coefficient (Wildman–Crippen LogP) is 3.34. The van der Waals surface area contributed by atoms with Crippen LogP contribution in [0.2, 0.25) is 0 Å². The van der Waals surface area contributed by atoms with E-state index >= 15 is 0 Å². The van der Waals surface area contributed by atoms with Crippen LogP contribution in [0.15, 0.2) is 0 Å². The Bertz CT molecular complexity index is 243. The van der Waals surface area contributed by atoms with E-state index in [0.29, 0.717) is 11.9 Å². The van der Waals surface area contributed by atoms with Crippen molar-refractivity contribution >= 4 is 5.91 Å². The third kappa shape index (κ3) is 6.95. The van der Waals surface area contributed by atoms with Gasteiger partial charge in [0.15, 0.2) is 0 Å². The number of rotatable bonds is 8. The van der Waals surface area contributed by atoms with Gasteiger partial charge < -0.3 is 10.2 Å². The van der Waals surface area contributed by atoms with Gasteiger partial charge in [-0.05, 0) is 45.1 Å². The Balaban J connectivity index is 2.23. The van der Waals surface area contributed by atoms with E-state index in [1.165, 1.54) is 38.5 Å². The molecular formula is C16H32N2O. The normalized spacial score (nSPS) is 19.1. The minimum absolute atomic E-state index is 0.384. The molecule has 0 spiro atoms. The summed E-state index contributed by atoms with van der Waals surface area (Å²) in [6, 6.07) is 0.629. The van der Waals surface area contributed by atoms with Crippen molar-refractivity contribution in [2.45, 2.75) is 77.7 Å². The first kappa shape index (κ1) is 16.5. The second-order valence-electron chi connectivity index (χ2n) is 5.75. The molecule has 1 saturated heterocycles. The molecule has 1 fully saturated rings. The van der Waals surface area contributed by atoms with Crippen molar-refractivity contribution in [3.8, 4) is 0 Å². The summed E-state index contributed by atoms with van der Waals surface area (Å²) in [6.07, 6.45) is 10.3. The molecule has 19 heavy (non-hydrogen) atoms. The lowest BCUT2D eigenvalue weighted by Crippen LogP contribution is -2.35. The van der Waals surface area contributed by atoms with Gasteiger partial charge in [0, 0.05) is 25.6 Å². The van der Waals surface area contributed by atoms with Crippen LogP contribution in [0.25, 0.3) is 0 Å². The highest BCUT2D eigenvalue weighted by molar-refractivity contribution is 5.76. The molecule has 1 aliphatic rings. The van der Waals surface area contributed by atoms with E-state index < -0.39 is 0 Å². The van der Waals surface area contributed by atoms with Crippen LogP contribution >= 0.6 is 0 Å². The highest BCUT2D eigenvalue weighted by Crippen LogP contribution is 2.13. The molecule has 0 aromatic rings. The molecule has 3 nitrogen and oxygen atoms in total. The first-order valence-electron chi connectivity index (χ1n) is 8.29. The van der Waals surface area contributed by atoms with Gasteiger partial charge in [-0.25, -0.2) is 0 Å². The van der Waals surface area contributed by atoms with E-state index in [1.54, 1.807) is 0 Å². The van der Waals surface area contributed by atoms with E-state index in [9.17, 15) is 4.79 Å². The van der Waals surface area contributed by atoms with Gasteiger partial charge >= 0.3 is 0 Å². The Hall–Kier alpha value is -0.570. The molecule has 1 heterocycles. The molecule has 112 valence electrons. The Morgan fingerprint density at radius 2 is 2.00 bits per heavy atom. The van der Waals surface area contributed by atoms with Crippen LogP contribution in [0.5, 0.6) is 0 Å². The maximum Gasteiger partial charge on any atom is 0.222 e. The molecule has 0 saturated carbocycles. The molecule has 1 unspecified atom stereocenters. The summed E-state index contributed by atoms with van der Waals surface area (Å²) >= 11 is 0. The number of amides is 1. The van der Waals surface area contributed by atoms with Crippen LogP contribution in [0.4, 0.5) is 0 Å². The van der Waals surface area contributed by atoms with Crippen LogP contribution in [0.1, 0.15) is 71.6 Å². The summed E-state index contributed by atoms with van der Waals surface area (Å²) in [5.74, 6) is 0.384. The maximum absolute atomic E-state index is 12.0. The third-order valence-corrected chi connectivity index (χ3v) is 4.08. The van der Waals surface area contributed by atoms with Crippen LogP contribution < -0.4 is 5.32 Å². The average Bonchev–Trinajstić information content (AvgIpc) is 2.41. The van der Waals surface area contributed by atoms with Crippen LogP contribution in [0, 0.1) is 0 Å². The molecule has 0 aromatic heterocycles. The topological polar surface area (TPSA) is 32.3 Å². The summed E-state index contributed by atoms with van der Waals surface area (Å²) in [5.41, 5.74) is 0. The third-order valence-electron chi connectivity index (χ3n) is 4.08. The van der Waals surface area contributed by atoms with Gasteiger partial charge in [-0.2, -0.15) is 0 Å². The molecular weight excluding hydrogens is 236 g/mol. The van der Waals surface area contributed by atoms with Gasteiger partial charge in [0.1, 0.15) is 0 Å². The summed E-state index contributed by atoms with van der Waals surface area (Å²) in [5, 5.41) is 3.59. The minimum atomic E-state index is 0.384. The number of likely N-dealkylation sites (tertiary alicyclic amines) is 1. The van der Waals surface area contributed by atoms with Crippen molar-refractivity contribution in [3.63, 3.8) is 0 Å². The van der Waals surface area contributed by atoms with E-state index in [-0.39, 0.29) is 0 Å². The molecule has 1 rings (SSSR count). The van der Waals surface area contributed by atoms with Gasteiger partial charge in [0.25, 0.3) is 0 Å². The zero-order valence-electron chi connectivity index (χ0n) is 12.9. The number of hydrogen-bond acceptors (Lipinski definition) is 2. The minimum Gasteiger partial charge on any atom is -0.343 e. The molecule has 3 heteroatoms. The number of carbonyl (C=O) groups is 1. The molecule has 0 bridgehead atoms. The van der Waals surface area contributed by atoms with Crippen molar-refractivity contribution in [1.82, 2.24) is 10.2 Å². The molecule has 0 radical (unpaired) electrons. The second kappa shape index (κ2) is 10.2. The van der Waals surface area contributed by atoms with Crippen molar-refractivity contribution in [3.05, 3.63) is 0 Å². The van der Waals surface area contributed by atoms with E-state index in [2.05, 4.69) is 24.1 Å². The number of nitrogens with one attached hydrogen (secondary N) is 1. The fourth-order valence-corrected chi connectivity index (χ4v) is 2.78. The van der Waals surface area contributed by atoms with E-state index in [1.807, 2.05) is 0 Å². The molecule has 1 N–H and O–H groups in total. The lowest BCUT2D eigenvalue weighted by atomic mass is 10.1. The van der Waals surface area contributed by atoms with Crippen LogP contribution in [-0.2, 0) is 4.79 Å². The summed E-state index contributed by atoms with van der Waals surface area (Å²) in [6.45, 7) is 7.51. The van der Waals surface area contributed by atoms with Crippen molar-refractivity contribution < 1.29 is 4.79 Å². The van der Waals surface area contributed by atoms with E-state index in [4.69, 9.17) is 0 Å². The highest BCUT2D eigenvalue weighted by Gasteiger charge is 2.15. The SMILES string of the molecule is CCCNC(CC)CCCN1CCCCCCC1=O. The monoisotopic (exact) mass is 268 g/mol. The largest absolute Gasteiger partial charge is 0.343 e. The van der Waals surface area contributed by atoms with Gasteiger partial charge in [-0.3, -0.25) is 4.79 Å². The molecule has 1 atom stereocenters. The van der Waals surface area contributed by atoms with Gasteiger partial charge in [-0.15, -0.1) is 0 Å². The number of hydrogen-bond donors (Lipinski definition) is 1. The fourth-order valence-electron chi connectivity index (χ4n) is 2.78. The van der Waals surface area contributed by atoms with Gasteiger partial charge in [0.2, 0.25) is 5.91 Å². The maximum atomic E-state index is 12.0. The summed E-state index contributed by atoms with van der Waals surface area (Å²) in [4.78, 5) is 14.1. The lowest BCUT2D eigenvalue weighted by Gasteiger charge is -2.26.